The summed E-state index contributed by atoms with van der Waals surface area (Å²) in [6.45, 7) is 3.96. The summed E-state index contributed by atoms with van der Waals surface area (Å²) in [5.41, 5.74) is 2.34. The maximum Gasteiger partial charge on any atom is 0.246 e. The highest BCUT2D eigenvalue weighted by Gasteiger charge is 2.13. The number of aryl methyl sites for hydroxylation is 1. The molecule has 24 heavy (non-hydrogen) atoms. The quantitative estimate of drug-likeness (QED) is 0.808. The zero-order valence-electron chi connectivity index (χ0n) is 14.1. The van der Waals surface area contributed by atoms with Crippen LogP contribution in [0.2, 0.25) is 0 Å². The molecule has 128 valence electrons. The Bertz CT molecular complexity index is 701. The SMILES string of the molecule is CSC[C@@H](C)C(=O)Nc1ccc(NC(=O)Cn2cccn2)c(C)c1. The van der Waals surface area contributed by atoms with Gasteiger partial charge in [-0.15, -0.1) is 0 Å². The van der Waals surface area contributed by atoms with Gasteiger partial charge in [0.15, 0.2) is 0 Å². The molecule has 0 radical (unpaired) electrons. The molecule has 0 aliphatic carbocycles. The molecule has 0 aliphatic heterocycles. The van der Waals surface area contributed by atoms with Crippen LogP contribution in [0.5, 0.6) is 0 Å². The highest BCUT2D eigenvalue weighted by atomic mass is 32.2. The molecule has 2 amide bonds. The van der Waals surface area contributed by atoms with Crippen LogP contribution in [0.1, 0.15) is 12.5 Å². The number of benzene rings is 1. The third-order valence-corrected chi connectivity index (χ3v) is 4.33. The van der Waals surface area contributed by atoms with Crippen molar-refractivity contribution in [3.05, 3.63) is 42.2 Å². The Morgan fingerprint density at radius 2 is 2.12 bits per heavy atom. The first-order valence-electron chi connectivity index (χ1n) is 7.67. The van der Waals surface area contributed by atoms with E-state index in [9.17, 15) is 9.59 Å². The highest BCUT2D eigenvalue weighted by Crippen LogP contribution is 2.20. The second-order valence-corrected chi connectivity index (χ2v) is 6.54. The standard InChI is InChI=1S/C17H22N4O2S/c1-12-9-14(19-17(23)13(2)11-24-3)5-6-15(12)20-16(22)10-21-8-4-7-18-21/h4-9,13H,10-11H2,1-3H3,(H,19,23)(H,20,22)/t13-/m1/s1. The summed E-state index contributed by atoms with van der Waals surface area (Å²) in [5.74, 6) is 0.590. The fourth-order valence-corrected chi connectivity index (χ4v) is 2.86. The summed E-state index contributed by atoms with van der Waals surface area (Å²) in [7, 11) is 0. The average Bonchev–Trinajstić information content (AvgIpc) is 3.03. The predicted octanol–water partition coefficient (Wildman–Crippen LogP) is 2.77. The minimum atomic E-state index is -0.146. The van der Waals surface area contributed by atoms with Crippen LogP contribution < -0.4 is 10.6 Å². The molecule has 1 aromatic carbocycles. The number of hydrogen-bond donors (Lipinski definition) is 2. The van der Waals surface area contributed by atoms with Crippen molar-refractivity contribution in [2.24, 2.45) is 5.92 Å². The predicted molar refractivity (Wildman–Crippen MR) is 98.2 cm³/mol. The molecule has 0 saturated carbocycles. The lowest BCUT2D eigenvalue weighted by Gasteiger charge is -2.13. The van der Waals surface area contributed by atoms with Crippen LogP contribution in [0.3, 0.4) is 0 Å². The molecule has 0 spiro atoms. The maximum absolute atomic E-state index is 12.1. The summed E-state index contributed by atoms with van der Waals surface area (Å²) >= 11 is 1.65. The van der Waals surface area contributed by atoms with Gasteiger partial charge in [-0.1, -0.05) is 6.92 Å². The third-order valence-electron chi connectivity index (χ3n) is 3.50. The first-order valence-corrected chi connectivity index (χ1v) is 9.06. The molecule has 1 atom stereocenters. The van der Waals surface area contributed by atoms with Crippen molar-refractivity contribution < 1.29 is 9.59 Å². The summed E-state index contributed by atoms with van der Waals surface area (Å²) < 4.78 is 1.56. The van der Waals surface area contributed by atoms with E-state index in [2.05, 4.69) is 15.7 Å². The molecule has 2 rings (SSSR count). The summed E-state index contributed by atoms with van der Waals surface area (Å²) in [5, 5.41) is 9.77. The van der Waals surface area contributed by atoms with E-state index in [0.29, 0.717) is 0 Å². The average molecular weight is 346 g/mol. The Hall–Kier alpha value is -2.28. The zero-order chi connectivity index (χ0) is 17.5. The fourth-order valence-electron chi connectivity index (χ4n) is 2.20. The second-order valence-electron chi connectivity index (χ2n) is 5.63. The Labute approximate surface area is 146 Å². The molecular weight excluding hydrogens is 324 g/mol. The van der Waals surface area contributed by atoms with Crippen molar-refractivity contribution in [1.29, 1.82) is 0 Å². The molecule has 2 aromatic rings. The van der Waals surface area contributed by atoms with Gasteiger partial charge in [0.1, 0.15) is 6.54 Å². The third kappa shape index (κ3) is 5.13. The van der Waals surface area contributed by atoms with Gasteiger partial charge in [-0.25, -0.2) is 0 Å². The lowest BCUT2D eigenvalue weighted by Crippen LogP contribution is -2.22. The van der Waals surface area contributed by atoms with Crippen LogP contribution >= 0.6 is 11.8 Å². The normalized spacial score (nSPS) is 11.8. The first-order chi connectivity index (χ1) is 11.5. The summed E-state index contributed by atoms with van der Waals surface area (Å²) in [4.78, 5) is 24.1. The summed E-state index contributed by atoms with van der Waals surface area (Å²) in [6.07, 6.45) is 5.35. The van der Waals surface area contributed by atoms with E-state index in [-0.39, 0.29) is 24.3 Å². The molecule has 0 bridgehead atoms. The van der Waals surface area contributed by atoms with Gasteiger partial charge in [0.2, 0.25) is 11.8 Å². The van der Waals surface area contributed by atoms with E-state index in [0.717, 1.165) is 22.7 Å². The number of aromatic nitrogens is 2. The number of rotatable bonds is 7. The topological polar surface area (TPSA) is 76.0 Å². The summed E-state index contributed by atoms with van der Waals surface area (Å²) in [6, 6.07) is 7.21. The molecular formula is C17H22N4O2S. The van der Waals surface area contributed by atoms with Gasteiger partial charge in [0, 0.05) is 35.4 Å². The monoisotopic (exact) mass is 346 g/mol. The van der Waals surface area contributed by atoms with Gasteiger partial charge in [0.05, 0.1) is 0 Å². The van der Waals surface area contributed by atoms with Crippen LogP contribution in [0, 0.1) is 12.8 Å². The number of thioether (sulfide) groups is 1. The molecule has 0 unspecified atom stereocenters. The van der Waals surface area contributed by atoms with Crippen LogP contribution in [0.4, 0.5) is 11.4 Å². The largest absolute Gasteiger partial charge is 0.326 e. The van der Waals surface area contributed by atoms with Crippen LogP contribution in [0.15, 0.2) is 36.7 Å². The van der Waals surface area contributed by atoms with Crippen molar-refractivity contribution in [3.63, 3.8) is 0 Å². The highest BCUT2D eigenvalue weighted by molar-refractivity contribution is 7.98. The van der Waals surface area contributed by atoms with Crippen LogP contribution in [-0.2, 0) is 16.1 Å². The number of hydrogen-bond acceptors (Lipinski definition) is 4. The fraction of sp³-hybridized carbons (Fsp3) is 0.353. The minimum Gasteiger partial charge on any atom is -0.326 e. The number of amides is 2. The molecule has 6 nitrogen and oxygen atoms in total. The lowest BCUT2D eigenvalue weighted by atomic mass is 10.1. The molecule has 0 saturated heterocycles. The van der Waals surface area contributed by atoms with Crippen LogP contribution in [0.25, 0.3) is 0 Å². The van der Waals surface area contributed by atoms with Crippen molar-refractivity contribution in [3.8, 4) is 0 Å². The van der Waals surface area contributed by atoms with Gasteiger partial charge < -0.3 is 10.6 Å². The van der Waals surface area contributed by atoms with Gasteiger partial charge in [-0.2, -0.15) is 16.9 Å². The molecule has 0 fully saturated rings. The van der Waals surface area contributed by atoms with Gasteiger partial charge in [-0.05, 0) is 43.0 Å². The Morgan fingerprint density at radius 1 is 1.33 bits per heavy atom. The van der Waals surface area contributed by atoms with E-state index in [4.69, 9.17) is 0 Å². The Balaban J connectivity index is 1.96. The number of nitrogens with one attached hydrogen (secondary N) is 2. The Morgan fingerprint density at radius 3 is 2.75 bits per heavy atom. The van der Waals surface area contributed by atoms with E-state index in [1.807, 2.05) is 26.2 Å². The molecule has 1 heterocycles. The molecule has 2 N–H and O–H groups in total. The van der Waals surface area contributed by atoms with Crippen LogP contribution in [-0.4, -0.2) is 33.6 Å². The molecule has 1 aromatic heterocycles. The number of anilines is 2. The number of carbonyl (C=O) groups is 2. The van der Waals surface area contributed by atoms with Crippen molar-refractivity contribution in [2.75, 3.05) is 22.6 Å². The lowest BCUT2D eigenvalue weighted by molar-refractivity contribution is -0.119. The van der Waals surface area contributed by atoms with Crippen molar-refractivity contribution >= 4 is 35.0 Å². The number of nitrogens with zero attached hydrogens (tertiary/aromatic N) is 2. The minimum absolute atomic E-state index is 0.000724. The molecule has 0 aliphatic rings. The first kappa shape index (κ1) is 18.1. The number of carbonyl (C=O) groups excluding carboxylic acids is 2. The maximum atomic E-state index is 12.1. The van der Waals surface area contributed by atoms with Gasteiger partial charge >= 0.3 is 0 Å². The zero-order valence-corrected chi connectivity index (χ0v) is 14.9. The molecule has 7 heteroatoms. The van der Waals surface area contributed by atoms with E-state index >= 15 is 0 Å². The van der Waals surface area contributed by atoms with E-state index in [1.165, 1.54) is 0 Å². The smallest absolute Gasteiger partial charge is 0.246 e. The van der Waals surface area contributed by atoms with Gasteiger partial charge in [0.25, 0.3) is 0 Å². The van der Waals surface area contributed by atoms with Gasteiger partial charge in [-0.3, -0.25) is 14.3 Å². The van der Waals surface area contributed by atoms with E-state index in [1.54, 1.807) is 47.0 Å². The van der Waals surface area contributed by atoms with Crippen molar-refractivity contribution in [1.82, 2.24) is 9.78 Å². The Kier molecular flexibility index (Phi) is 6.43. The van der Waals surface area contributed by atoms with Crippen molar-refractivity contribution in [2.45, 2.75) is 20.4 Å². The van der Waals surface area contributed by atoms with E-state index < -0.39 is 0 Å². The second kappa shape index (κ2) is 8.54.